The van der Waals surface area contributed by atoms with E-state index in [9.17, 15) is 4.39 Å². The van der Waals surface area contributed by atoms with Gasteiger partial charge in [-0.3, -0.25) is 14.8 Å². The van der Waals surface area contributed by atoms with Crippen molar-refractivity contribution in [3.63, 3.8) is 0 Å². The molecule has 4 rings (SSSR count). The number of aryl methyl sites for hydroxylation is 2. The number of aromatic nitrogens is 5. The molecule has 0 aliphatic carbocycles. The molecule has 0 amide bonds. The van der Waals surface area contributed by atoms with Crippen LogP contribution in [0, 0.1) is 12.7 Å². The number of aromatic amines is 1. The summed E-state index contributed by atoms with van der Waals surface area (Å²) in [6.07, 6.45) is 5.36. The third-order valence-corrected chi connectivity index (χ3v) is 4.87. The summed E-state index contributed by atoms with van der Waals surface area (Å²) in [5.41, 5.74) is 5.30. The third-order valence-electron chi connectivity index (χ3n) is 4.87. The van der Waals surface area contributed by atoms with Gasteiger partial charge in [-0.15, -0.1) is 0 Å². The van der Waals surface area contributed by atoms with Gasteiger partial charge < -0.3 is 4.90 Å². The van der Waals surface area contributed by atoms with Crippen molar-refractivity contribution >= 4 is 16.6 Å². The van der Waals surface area contributed by atoms with Gasteiger partial charge in [-0.05, 0) is 37.6 Å². The Morgan fingerprint density at radius 1 is 1.22 bits per heavy atom. The third kappa shape index (κ3) is 2.95. The van der Waals surface area contributed by atoms with E-state index in [-0.39, 0.29) is 5.82 Å². The van der Waals surface area contributed by atoms with Crippen molar-refractivity contribution in [1.82, 2.24) is 25.0 Å². The Hall–Kier alpha value is -3.22. The number of anilines is 1. The number of hydrogen-bond donors (Lipinski definition) is 1. The normalized spacial score (nSPS) is 11.3. The minimum atomic E-state index is -0.274. The van der Waals surface area contributed by atoms with Gasteiger partial charge in [0.15, 0.2) is 0 Å². The molecule has 0 atom stereocenters. The number of halogens is 1. The van der Waals surface area contributed by atoms with Crippen molar-refractivity contribution in [2.45, 2.75) is 13.8 Å². The van der Waals surface area contributed by atoms with Crippen molar-refractivity contribution < 1.29 is 4.39 Å². The Bertz CT molecular complexity index is 1100. The highest BCUT2D eigenvalue weighted by atomic mass is 19.1. The Kier molecular flexibility index (Phi) is 4.14. The molecule has 0 saturated carbocycles. The number of rotatable bonds is 4. The fourth-order valence-electron chi connectivity index (χ4n) is 3.27. The maximum absolute atomic E-state index is 14.9. The monoisotopic (exact) mass is 364 g/mol. The first-order valence-corrected chi connectivity index (χ1v) is 8.82. The van der Waals surface area contributed by atoms with Crippen molar-refractivity contribution in [3.05, 3.63) is 48.2 Å². The molecule has 1 N–H and O–H groups in total. The van der Waals surface area contributed by atoms with Crippen LogP contribution in [0.2, 0.25) is 0 Å². The summed E-state index contributed by atoms with van der Waals surface area (Å²) in [4.78, 5) is 6.47. The maximum atomic E-state index is 14.9. The lowest BCUT2D eigenvalue weighted by Gasteiger charge is -2.19. The van der Waals surface area contributed by atoms with Gasteiger partial charge in [-0.1, -0.05) is 0 Å². The lowest BCUT2D eigenvalue weighted by Crippen LogP contribution is -2.16. The average Bonchev–Trinajstić information content (AvgIpc) is 3.25. The lowest BCUT2D eigenvalue weighted by atomic mass is 10.0. The molecule has 4 aromatic rings. The summed E-state index contributed by atoms with van der Waals surface area (Å²) in [5.74, 6) is -0.274. The second-order valence-electron chi connectivity index (χ2n) is 6.72. The maximum Gasteiger partial charge on any atom is 0.134 e. The molecule has 0 saturated heterocycles. The van der Waals surface area contributed by atoms with Crippen LogP contribution >= 0.6 is 0 Å². The molecule has 3 aromatic heterocycles. The predicted octanol–water partition coefficient (Wildman–Crippen LogP) is 3.93. The van der Waals surface area contributed by atoms with Gasteiger partial charge in [0.05, 0.1) is 23.6 Å². The molecule has 138 valence electrons. The highest BCUT2D eigenvalue weighted by Gasteiger charge is 2.16. The average molecular weight is 364 g/mol. The Balaban J connectivity index is 1.85. The van der Waals surface area contributed by atoms with Crippen molar-refractivity contribution in [1.29, 1.82) is 0 Å². The van der Waals surface area contributed by atoms with E-state index in [4.69, 9.17) is 0 Å². The largest absolute Gasteiger partial charge is 0.375 e. The lowest BCUT2D eigenvalue weighted by molar-refractivity contribution is 0.629. The van der Waals surface area contributed by atoms with E-state index in [0.29, 0.717) is 11.3 Å². The number of hydrogen-bond acceptors (Lipinski definition) is 4. The van der Waals surface area contributed by atoms with Crippen LogP contribution in [0.5, 0.6) is 0 Å². The second-order valence-corrected chi connectivity index (χ2v) is 6.72. The van der Waals surface area contributed by atoms with Gasteiger partial charge in [0, 0.05) is 49.0 Å². The molecular formula is C20H21FN6. The highest BCUT2D eigenvalue weighted by Crippen LogP contribution is 2.33. The molecular weight excluding hydrogens is 343 g/mol. The molecule has 3 heterocycles. The molecule has 6 nitrogen and oxygen atoms in total. The SMILES string of the molecule is CCN(C)c1cc(C)c(-c2cc3c(-c4cnn(C)c4)n[nH]c3cn2)c(F)c1. The first-order chi connectivity index (χ1) is 13.0. The van der Waals surface area contributed by atoms with E-state index in [1.807, 2.05) is 51.2 Å². The fraction of sp³-hybridized carbons (Fsp3) is 0.250. The van der Waals surface area contributed by atoms with Crippen LogP contribution in [0.3, 0.4) is 0 Å². The van der Waals surface area contributed by atoms with Crippen LogP contribution < -0.4 is 4.90 Å². The van der Waals surface area contributed by atoms with Crippen molar-refractivity contribution in [2.24, 2.45) is 7.05 Å². The van der Waals surface area contributed by atoms with Crippen LogP contribution in [0.4, 0.5) is 10.1 Å². The summed E-state index contributed by atoms with van der Waals surface area (Å²) >= 11 is 0. The van der Waals surface area contributed by atoms with Gasteiger partial charge >= 0.3 is 0 Å². The van der Waals surface area contributed by atoms with Crippen molar-refractivity contribution in [3.8, 4) is 22.5 Å². The highest BCUT2D eigenvalue weighted by molar-refractivity contribution is 5.94. The molecule has 1 aromatic carbocycles. The second kappa shape index (κ2) is 6.50. The smallest absolute Gasteiger partial charge is 0.134 e. The zero-order chi connectivity index (χ0) is 19.1. The van der Waals surface area contributed by atoms with Gasteiger partial charge in [-0.25, -0.2) is 4.39 Å². The molecule has 0 unspecified atom stereocenters. The first kappa shape index (κ1) is 17.2. The molecule has 0 radical (unpaired) electrons. The molecule has 0 spiro atoms. The summed E-state index contributed by atoms with van der Waals surface area (Å²) in [6, 6.07) is 5.44. The zero-order valence-electron chi connectivity index (χ0n) is 15.8. The molecule has 7 heteroatoms. The number of nitrogens with zero attached hydrogens (tertiary/aromatic N) is 5. The number of nitrogens with one attached hydrogen (secondary N) is 1. The first-order valence-electron chi connectivity index (χ1n) is 8.82. The minimum Gasteiger partial charge on any atom is -0.375 e. The van der Waals surface area contributed by atoms with Gasteiger partial charge in [0.1, 0.15) is 11.5 Å². The Morgan fingerprint density at radius 3 is 2.70 bits per heavy atom. The van der Waals surface area contributed by atoms with Crippen molar-refractivity contribution in [2.75, 3.05) is 18.5 Å². The van der Waals surface area contributed by atoms with Crippen LogP contribution in [0.1, 0.15) is 12.5 Å². The number of fused-ring (bicyclic) bond motifs is 1. The molecule has 0 aliphatic heterocycles. The number of H-pyrrole nitrogens is 1. The molecule has 0 aliphatic rings. The van der Waals surface area contributed by atoms with E-state index in [2.05, 4.69) is 20.3 Å². The summed E-state index contributed by atoms with van der Waals surface area (Å²) in [6.45, 7) is 4.76. The summed E-state index contributed by atoms with van der Waals surface area (Å²) in [7, 11) is 3.81. The molecule has 27 heavy (non-hydrogen) atoms. The molecule has 0 fully saturated rings. The topological polar surface area (TPSA) is 62.6 Å². The van der Waals surface area contributed by atoms with E-state index < -0.39 is 0 Å². The van der Waals surface area contributed by atoms with Crippen LogP contribution in [0.25, 0.3) is 33.4 Å². The van der Waals surface area contributed by atoms with Crippen LogP contribution in [-0.4, -0.2) is 38.6 Å². The van der Waals surface area contributed by atoms with E-state index in [1.54, 1.807) is 23.1 Å². The number of pyridine rings is 1. The van der Waals surface area contributed by atoms with E-state index in [1.165, 1.54) is 0 Å². The van der Waals surface area contributed by atoms with Gasteiger partial charge in [0.2, 0.25) is 0 Å². The quantitative estimate of drug-likeness (QED) is 0.596. The summed E-state index contributed by atoms with van der Waals surface area (Å²) in [5, 5.41) is 12.5. The minimum absolute atomic E-state index is 0.274. The van der Waals surface area contributed by atoms with E-state index >= 15 is 0 Å². The Labute approximate surface area is 156 Å². The van der Waals surface area contributed by atoms with Crippen LogP contribution in [0.15, 0.2) is 36.8 Å². The Morgan fingerprint density at radius 2 is 2.04 bits per heavy atom. The van der Waals surface area contributed by atoms with Gasteiger partial charge in [-0.2, -0.15) is 10.2 Å². The van der Waals surface area contributed by atoms with Gasteiger partial charge in [0.25, 0.3) is 0 Å². The predicted molar refractivity (Wildman–Crippen MR) is 105 cm³/mol. The molecule has 0 bridgehead atoms. The number of benzene rings is 1. The van der Waals surface area contributed by atoms with E-state index in [0.717, 1.165) is 40.0 Å². The van der Waals surface area contributed by atoms with Crippen LogP contribution in [-0.2, 0) is 7.05 Å². The standard InChI is InChI=1S/C20H21FN6/c1-5-26(3)14-6-12(2)19(16(21)7-14)17-8-15-18(10-22-17)24-25-20(15)13-9-23-27(4)11-13/h6-11H,5H2,1-4H3,(H,24,25). The summed E-state index contributed by atoms with van der Waals surface area (Å²) < 4.78 is 16.7. The fourth-order valence-corrected chi connectivity index (χ4v) is 3.27. The zero-order valence-corrected chi connectivity index (χ0v) is 15.8.